The van der Waals surface area contributed by atoms with Crippen LogP contribution in [0.15, 0.2) is 58.4 Å². The van der Waals surface area contributed by atoms with Gasteiger partial charge in [-0.3, -0.25) is 9.69 Å². The van der Waals surface area contributed by atoms with Crippen molar-refractivity contribution in [3.8, 4) is 0 Å². The molecule has 0 aliphatic carbocycles. The second kappa shape index (κ2) is 8.16. The smallest absolute Gasteiger partial charge is 0.251 e. The summed E-state index contributed by atoms with van der Waals surface area (Å²) in [7, 11) is -3.52. The lowest BCUT2D eigenvalue weighted by Crippen LogP contribution is -2.33. The van der Waals surface area contributed by atoms with Crippen LogP contribution in [0.1, 0.15) is 25.3 Å². The van der Waals surface area contributed by atoms with Gasteiger partial charge in [-0.25, -0.2) is 8.42 Å². The molecule has 1 aliphatic heterocycles. The maximum Gasteiger partial charge on any atom is 0.251 e. The van der Waals surface area contributed by atoms with E-state index >= 15 is 0 Å². The van der Waals surface area contributed by atoms with Gasteiger partial charge < -0.3 is 4.57 Å². The summed E-state index contributed by atoms with van der Waals surface area (Å²) in [6.07, 6.45) is 3.25. The van der Waals surface area contributed by atoms with Gasteiger partial charge in [0, 0.05) is 31.9 Å². The van der Waals surface area contributed by atoms with E-state index < -0.39 is 10.0 Å². The summed E-state index contributed by atoms with van der Waals surface area (Å²) in [6.45, 7) is 4.94. The van der Waals surface area contributed by atoms with Crippen molar-refractivity contribution in [1.29, 1.82) is 0 Å². The zero-order valence-electron chi connectivity index (χ0n) is 15.0. The molecule has 140 valence electrons. The van der Waals surface area contributed by atoms with Crippen LogP contribution in [-0.4, -0.2) is 41.8 Å². The molecule has 0 saturated carbocycles. The van der Waals surface area contributed by atoms with Crippen molar-refractivity contribution in [3.63, 3.8) is 0 Å². The van der Waals surface area contributed by atoms with E-state index in [1.807, 2.05) is 37.3 Å². The largest absolute Gasteiger partial charge is 0.301 e. The number of nitrogens with zero attached hydrogens (tertiary/aromatic N) is 3. The molecular formula is C19H25N3O3S. The van der Waals surface area contributed by atoms with E-state index in [9.17, 15) is 13.2 Å². The number of pyridine rings is 1. The Balaban J connectivity index is 1.82. The van der Waals surface area contributed by atoms with E-state index in [4.69, 9.17) is 0 Å². The fourth-order valence-electron chi connectivity index (χ4n) is 3.17. The molecule has 0 amide bonds. The fraction of sp³-hybridized carbons (Fsp3) is 0.421. The molecule has 0 spiro atoms. The third-order valence-corrected chi connectivity index (χ3v) is 6.59. The lowest BCUT2D eigenvalue weighted by atomic mass is 10.2. The Morgan fingerprint density at radius 2 is 1.73 bits per heavy atom. The molecule has 6 nitrogen and oxygen atoms in total. The van der Waals surface area contributed by atoms with Crippen molar-refractivity contribution in [2.24, 2.45) is 0 Å². The summed E-state index contributed by atoms with van der Waals surface area (Å²) in [5.74, 6) is 0. The Labute approximate surface area is 154 Å². The van der Waals surface area contributed by atoms with Gasteiger partial charge in [0.1, 0.15) is 0 Å². The van der Waals surface area contributed by atoms with Gasteiger partial charge in [-0.1, -0.05) is 37.3 Å². The van der Waals surface area contributed by atoms with Crippen LogP contribution in [0, 0.1) is 0 Å². The van der Waals surface area contributed by atoms with Gasteiger partial charge in [0.15, 0.2) is 0 Å². The molecule has 0 bridgehead atoms. The molecule has 1 aromatic carbocycles. The summed E-state index contributed by atoms with van der Waals surface area (Å²) in [4.78, 5) is 14.5. The molecule has 1 aliphatic rings. The molecule has 0 radical (unpaired) electrons. The van der Waals surface area contributed by atoms with Crippen molar-refractivity contribution in [2.45, 2.75) is 37.9 Å². The standard InChI is InChI=1S/C19H25N3O3S/c1-2-20(14-17-8-4-3-5-9-17)16-21-15-18(10-11-19(21)23)26(24,25)22-12-6-7-13-22/h3-5,8-11,15H,2,6-7,12-14,16H2,1H3. The molecule has 2 heterocycles. The third kappa shape index (κ3) is 4.23. The second-order valence-electron chi connectivity index (χ2n) is 6.56. The zero-order valence-corrected chi connectivity index (χ0v) is 15.9. The first-order valence-electron chi connectivity index (χ1n) is 8.97. The van der Waals surface area contributed by atoms with Gasteiger partial charge in [-0.15, -0.1) is 0 Å². The number of hydrogen-bond donors (Lipinski definition) is 0. The van der Waals surface area contributed by atoms with E-state index in [1.165, 1.54) is 27.2 Å². The summed E-state index contributed by atoms with van der Waals surface area (Å²) < 4.78 is 28.5. The molecule has 0 atom stereocenters. The average molecular weight is 375 g/mol. The van der Waals surface area contributed by atoms with E-state index in [0.717, 1.165) is 24.9 Å². The van der Waals surface area contributed by atoms with Crippen molar-refractivity contribution in [3.05, 3.63) is 64.6 Å². The van der Waals surface area contributed by atoms with Crippen LogP contribution >= 0.6 is 0 Å². The highest BCUT2D eigenvalue weighted by Crippen LogP contribution is 2.19. The molecular weight excluding hydrogens is 350 g/mol. The Morgan fingerprint density at radius 3 is 2.38 bits per heavy atom. The van der Waals surface area contributed by atoms with Gasteiger partial charge >= 0.3 is 0 Å². The van der Waals surface area contributed by atoms with Crippen LogP contribution in [0.25, 0.3) is 0 Å². The Hall–Kier alpha value is -1.96. The van der Waals surface area contributed by atoms with E-state index in [-0.39, 0.29) is 10.5 Å². The molecule has 26 heavy (non-hydrogen) atoms. The maximum absolute atomic E-state index is 12.7. The summed E-state index contributed by atoms with van der Waals surface area (Å²) >= 11 is 0. The molecule has 0 unspecified atom stereocenters. The topological polar surface area (TPSA) is 62.6 Å². The van der Waals surface area contributed by atoms with Crippen molar-refractivity contribution >= 4 is 10.0 Å². The minimum atomic E-state index is -3.52. The number of sulfonamides is 1. The van der Waals surface area contributed by atoms with Crippen LogP contribution in [0.3, 0.4) is 0 Å². The molecule has 7 heteroatoms. The summed E-state index contributed by atoms with van der Waals surface area (Å²) in [5.41, 5.74) is 0.958. The molecule has 2 aromatic rings. The van der Waals surface area contributed by atoms with Crippen LogP contribution in [-0.2, 0) is 23.2 Å². The zero-order chi connectivity index (χ0) is 18.6. The highest BCUT2D eigenvalue weighted by molar-refractivity contribution is 7.89. The molecule has 0 N–H and O–H groups in total. The minimum Gasteiger partial charge on any atom is -0.301 e. The number of aromatic nitrogens is 1. The highest BCUT2D eigenvalue weighted by atomic mass is 32.2. The Kier molecular flexibility index (Phi) is 5.90. The second-order valence-corrected chi connectivity index (χ2v) is 8.49. The molecule has 1 fully saturated rings. The van der Waals surface area contributed by atoms with Gasteiger partial charge in [-0.05, 0) is 31.0 Å². The highest BCUT2D eigenvalue weighted by Gasteiger charge is 2.27. The monoisotopic (exact) mass is 375 g/mol. The van der Waals surface area contributed by atoms with Crippen LogP contribution < -0.4 is 5.56 Å². The van der Waals surface area contributed by atoms with Crippen LogP contribution in [0.5, 0.6) is 0 Å². The average Bonchev–Trinajstić information content (AvgIpc) is 3.19. The normalized spacial score (nSPS) is 15.6. The predicted molar refractivity (Wildman–Crippen MR) is 101 cm³/mol. The predicted octanol–water partition coefficient (Wildman–Crippen LogP) is 2.11. The first kappa shape index (κ1) is 18.8. The van der Waals surface area contributed by atoms with Crippen molar-refractivity contribution in [1.82, 2.24) is 13.8 Å². The van der Waals surface area contributed by atoms with Gasteiger partial charge in [-0.2, -0.15) is 4.31 Å². The van der Waals surface area contributed by atoms with Crippen molar-refractivity contribution in [2.75, 3.05) is 19.6 Å². The lowest BCUT2D eigenvalue weighted by molar-refractivity contribution is 0.217. The SMILES string of the molecule is CCN(Cc1ccccc1)Cn1cc(S(=O)(=O)N2CCCC2)ccc1=O. The number of rotatable bonds is 7. The lowest BCUT2D eigenvalue weighted by Gasteiger charge is -2.22. The Bertz CT molecular complexity index is 888. The molecule has 1 saturated heterocycles. The fourth-order valence-corrected chi connectivity index (χ4v) is 4.71. The van der Waals surface area contributed by atoms with Crippen LogP contribution in [0.4, 0.5) is 0 Å². The van der Waals surface area contributed by atoms with Crippen LogP contribution in [0.2, 0.25) is 0 Å². The first-order valence-corrected chi connectivity index (χ1v) is 10.4. The summed E-state index contributed by atoms with van der Waals surface area (Å²) in [6, 6.07) is 12.8. The summed E-state index contributed by atoms with van der Waals surface area (Å²) in [5, 5.41) is 0. The molecule has 1 aromatic heterocycles. The maximum atomic E-state index is 12.7. The van der Waals surface area contributed by atoms with E-state index in [0.29, 0.717) is 26.3 Å². The molecule has 3 rings (SSSR count). The minimum absolute atomic E-state index is 0.190. The van der Waals surface area contributed by atoms with Gasteiger partial charge in [0.25, 0.3) is 5.56 Å². The van der Waals surface area contributed by atoms with Gasteiger partial charge in [0.2, 0.25) is 10.0 Å². The Morgan fingerprint density at radius 1 is 1.04 bits per heavy atom. The third-order valence-electron chi connectivity index (χ3n) is 4.71. The van der Waals surface area contributed by atoms with E-state index in [1.54, 1.807) is 0 Å². The first-order chi connectivity index (χ1) is 12.5. The quantitative estimate of drug-likeness (QED) is 0.744. The number of benzene rings is 1. The van der Waals surface area contributed by atoms with Crippen molar-refractivity contribution < 1.29 is 8.42 Å². The van der Waals surface area contributed by atoms with E-state index in [2.05, 4.69) is 4.90 Å². The van der Waals surface area contributed by atoms with Gasteiger partial charge in [0.05, 0.1) is 11.6 Å². The number of hydrogen-bond acceptors (Lipinski definition) is 4.